The lowest BCUT2D eigenvalue weighted by molar-refractivity contribution is 0.145. The fourth-order valence-electron chi connectivity index (χ4n) is 3.36. The molecule has 5 nitrogen and oxygen atoms in total. The zero-order valence-corrected chi connectivity index (χ0v) is 13.6. The van der Waals surface area contributed by atoms with Gasteiger partial charge in [-0.3, -0.25) is 0 Å². The van der Waals surface area contributed by atoms with Gasteiger partial charge >= 0.3 is 0 Å². The minimum atomic E-state index is -0.174. The fourth-order valence-corrected chi connectivity index (χ4v) is 3.36. The van der Waals surface area contributed by atoms with Crippen molar-refractivity contribution >= 4 is 22.4 Å². The van der Waals surface area contributed by atoms with Gasteiger partial charge in [-0.25, -0.2) is 4.98 Å². The van der Waals surface area contributed by atoms with Gasteiger partial charge in [-0.1, -0.05) is 12.1 Å². The predicted octanol–water partition coefficient (Wildman–Crippen LogP) is 3.14. The second-order valence-electron chi connectivity index (χ2n) is 6.30. The third kappa shape index (κ3) is 2.95. The van der Waals surface area contributed by atoms with Crippen LogP contribution in [0.5, 0.6) is 0 Å². The Hall–Kier alpha value is -2.53. The normalized spacial score (nSPS) is 15.8. The van der Waals surface area contributed by atoms with Crippen LogP contribution in [0.4, 0.5) is 11.5 Å². The lowest BCUT2D eigenvalue weighted by Crippen LogP contribution is -2.36. The van der Waals surface area contributed by atoms with Crippen molar-refractivity contribution in [1.29, 1.82) is 0 Å². The third-order valence-electron chi connectivity index (χ3n) is 4.71. The van der Waals surface area contributed by atoms with E-state index in [1.807, 2.05) is 18.5 Å². The van der Waals surface area contributed by atoms with E-state index in [9.17, 15) is 5.11 Å². The standard InChI is InChI=1S/C19H22N4O/c24-15-7-11-23(12-8-15)19-18(5-2-9-21-19)22-13-14-3-1-4-17-16(14)6-10-20-17/h1-6,9-10,15,20,22,24H,7-8,11-13H2. The van der Waals surface area contributed by atoms with Crippen LogP contribution in [-0.4, -0.2) is 34.3 Å². The van der Waals surface area contributed by atoms with E-state index >= 15 is 0 Å². The molecule has 5 heteroatoms. The van der Waals surface area contributed by atoms with Gasteiger partial charge in [0.05, 0.1) is 11.8 Å². The molecule has 24 heavy (non-hydrogen) atoms. The van der Waals surface area contributed by atoms with Crippen molar-refractivity contribution in [2.45, 2.75) is 25.5 Å². The van der Waals surface area contributed by atoms with Gasteiger partial charge in [-0.15, -0.1) is 0 Å². The Morgan fingerprint density at radius 3 is 2.92 bits per heavy atom. The minimum Gasteiger partial charge on any atom is -0.393 e. The Balaban J connectivity index is 1.54. The lowest BCUT2D eigenvalue weighted by atomic mass is 10.1. The first kappa shape index (κ1) is 15.0. The molecular weight excluding hydrogens is 300 g/mol. The highest BCUT2D eigenvalue weighted by molar-refractivity contribution is 5.83. The summed E-state index contributed by atoms with van der Waals surface area (Å²) in [5, 5.41) is 14.5. The summed E-state index contributed by atoms with van der Waals surface area (Å²) in [4.78, 5) is 10.1. The minimum absolute atomic E-state index is 0.174. The molecule has 1 aromatic carbocycles. The Bertz CT molecular complexity index is 821. The van der Waals surface area contributed by atoms with Gasteiger partial charge in [0.2, 0.25) is 0 Å². The van der Waals surface area contributed by atoms with Crippen LogP contribution >= 0.6 is 0 Å². The summed E-state index contributed by atoms with van der Waals surface area (Å²) >= 11 is 0. The average molecular weight is 322 g/mol. The number of aliphatic hydroxyl groups is 1. The molecule has 0 spiro atoms. The van der Waals surface area contributed by atoms with E-state index in [0.29, 0.717) is 0 Å². The van der Waals surface area contributed by atoms with Crippen molar-refractivity contribution in [3.8, 4) is 0 Å². The number of aromatic amines is 1. The predicted molar refractivity (Wildman–Crippen MR) is 97.3 cm³/mol. The summed E-state index contributed by atoms with van der Waals surface area (Å²) in [5.74, 6) is 0.977. The van der Waals surface area contributed by atoms with Crippen LogP contribution in [0.3, 0.4) is 0 Å². The zero-order valence-electron chi connectivity index (χ0n) is 13.6. The number of aliphatic hydroxyl groups excluding tert-OH is 1. The largest absolute Gasteiger partial charge is 0.393 e. The second kappa shape index (κ2) is 6.53. The number of benzene rings is 1. The highest BCUT2D eigenvalue weighted by Crippen LogP contribution is 2.27. The first-order chi connectivity index (χ1) is 11.8. The number of aromatic nitrogens is 2. The van der Waals surface area contributed by atoms with Gasteiger partial charge < -0.3 is 20.3 Å². The van der Waals surface area contributed by atoms with Crippen LogP contribution in [0.15, 0.2) is 48.8 Å². The van der Waals surface area contributed by atoms with Crippen molar-refractivity contribution in [2.75, 3.05) is 23.3 Å². The molecule has 1 aliphatic rings. The van der Waals surface area contributed by atoms with Crippen molar-refractivity contribution in [1.82, 2.24) is 9.97 Å². The maximum absolute atomic E-state index is 9.71. The van der Waals surface area contributed by atoms with Crippen molar-refractivity contribution < 1.29 is 5.11 Å². The first-order valence-corrected chi connectivity index (χ1v) is 8.48. The smallest absolute Gasteiger partial charge is 0.151 e. The van der Waals surface area contributed by atoms with E-state index in [1.165, 1.54) is 10.9 Å². The van der Waals surface area contributed by atoms with Crippen LogP contribution in [0.2, 0.25) is 0 Å². The van der Waals surface area contributed by atoms with Gasteiger partial charge in [0.15, 0.2) is 5.82 Å². The number of hydrogen-bond donors (Lipinski definition) is 3. The highest BCUT2D eigenvalue weighted by atomic mass is 16.3. The van der Waals surface area contributed by atoms with E-state index in [2.05, 4.69) is 50.5 Å². The average Bonchev–Trinajstić information content (AvgIpc) is 3.10. The summed E-state index contributed by atoms with van der Waals surface area (Å²) in [6.45, 7) is 2.45. The summed E-state index contributed by atoms with van der Waals surface area (Å²) in [6.07, 6.45) is 5.24. The number of anilines is 2. The molecule has 0 atom stereocenters. The maximum Gasteiger partial charge on any atom is 0.151 e. The summed E-state index contributed by atoms with van der Waals surface area (Å²) in [5.41, 5.74) is 3.46. The highest BCUT2D eigenvalue weighted by Gasteiger charge is 2.20. The van der Waals surface area contributed by atoms with E-state index in [4.69, 9.17) is 0 Å². The van der Waals surface area contributed by atoms with Crippen molar-refractivity contribution in [3.63, 3.8) is 0 Å². The Kier molecular flexibility index (Phi) is 4.09. The summed E-state index contributed by atoms with van der Waals surface area (Å²) in [6, 6.07) is 12.5. The molecule has 0 unspecified atom stereocenters. The number of nitrogens with zero attached hydrogens (tertiary/aromatic N) is 2. The molecule has 0 aliphatic carbocycles. The van der Waals surface area contributed by atoms with E-state index in [0.717, 1.165) is 49.5 Å². The molecule has 3 heterocycles. The third-order valence-corrected chi connectivity index (χ3v) is 4.71. The quantitative estimate of drug-likeness (QED) is 0.690. The lowest BCUT2D eigenvalue weighted by Gasteiger charge is -2.31. The molecule has 1 saturated heterocycles. The number of pyridine rings is 1. The van der Waals surface area contributed by atoms with Gasteiger partial charge in [-0.2, -0.15) is 0 Å². The molecule has 124 valence electrons. The molecule has 0 saturated carbocycles. The van der Waals surface area contributed by atoms with Crippen LogP contribution in [0.25, 0.3) is 10.9 Å². The molecule has 2 aromatic heterocycles. The first-order valence-electron chi connectivity index (χ1n) is 8.48. The second-order valence-corrected chi connectivity index (χ2v) is 6.30. The Morgan fingerprint density at radius 1 is 1.17 bits per heavy atom. The maximum atomic E-state index is 9.71. The summed E-state index contributed by atoms with van der Waals surface area (Å²) in [7, 11) is 0. The molecule has 0 bridgehead atoms. The number of nitrogens with one attached hydrogen (secondary N) is 2. The van der Waals surface area contributed by atoms with Crippen molar-refractivity contribution in [3.05, 3.63) is 54.4 Å². The van der Waals surface area contributed by atoms with E-state index < -0.39 is 0 Å². The number of H-pyrrole nitrogens is 1. The monoisotopic (exact) mass is 322 g/mol. The zero-order chi connectivity index (χ0) is 16.4. The van der Waals surface area contributed by atoms with Crippen LogP contribution in [0, 0.1) is 0 Å². The van der Waals surface area contributed by atoms with Crippen molar-refractivity contribution in [2.24, 2.45) is 0 Å². The van der Waals surface area contributed by atoms with E-state index in [-0.39, 0.29) is 6.10 Å². The van der Waals surface area contributed by atoms with Gasteiger partial charge in [0.1, 0.15) is 0 Å². The van der Waals surface area contributed by atoms with Crippen LogP contribution in [0.1, 0.15) is 18.4 Å². The number of rotatable bonds is 4. The van der Waals surface area contributed by atoms with E-state index in [1.54, 1.807) is 0 Å². The SMILES string of the molecule is OC1CCN(c2ncccc2NCc2cccc3[nH]ccc23)CC1. The van der Waals surface area contributed by atoms with Gasteiger partial charge in [0.25, 0.3) is 0 Å². The number of piperidine rings is 1. The Morgan fingerprint density at radius 2 is 2.04 bits per heavy atom. The molecular formula is C19H22N4O. The molecule has 1 aliphatic heterocycles. The molecule has 4 rings (SSSR count). The molecule has 0 amide bonds. The number of hydrogen-bond acceptors (Lipinski definition) is 4. The molecule has 0 radical (unpaired) electrons. The Labute approximate surface area is 141 Å². The van der Waals surface area contributed by atoms with Crippen LogP contribution in [-0.2, 0) is 6.54 Å². The number of fused-ring (bicyclic) bond motifs is 1. The van der Waals surface area contributed by atoms with Gasteiger partial charge in [0, 0.05) is 42.9 Å². The van der Waals surface area contributed by atoms with Crippen LogP contribution < -0.4 is 10.2 Å². The molecule has 3 N–H and O–H groups in total. The topological polar surface area (TPSA) is 64.2 Å². The van der Waals surface area contributed by atoms with Gasteiger partial charge in [-0.05, 0) is 42.7 Å². The molecule has 3 aromatic rings. The summed E-state index contributed by atoms with van der Waals surface area (Å²) < 4.78 is 0. The fraction of sp³-hybridized carbons (Fsp3) is 0.316. The molecule has 1 fully saturated rings.